The molecule has 0 bridgehead atoms. The molecule has 2 aliphatic rings. The van der Waals surface area contributed by atoms with E-state index in [1.807, 2.05) is 23.6 Å². The molecule has 138 valence electrons. The highest BCUT2D eigenvalue weighted by atomic mass is 32.1. The van der Waals surface area contributed by atoms with E-state index in [-0.39, 0.29) is 12.7 Å². The Balaban J connectivity index is 1.60. The first kappa shape index (κ1) is 16.2. The summed E-state index contributed by atoms with van der Waals surface area (Å²) in [5.41, 5.74) is 1.44. The Morgan fingerprint density at radius 1 is 1.04 bits per heavy atom. The van der Waals surface area contributed by atoms with Crippen LogP contribution in [0.5, 0.6) is 23.0 Å². The van der Waals surface area contributed by atoms with E-state index in [4.69, 9.17) is 18.9 Å². The largest absolute Gasteiger partial charge is 0.486 e. The van der Waals surface area contributed by atoms with Crippen molar-refractivity contribution < 1.29 is 23.7 Å². The third kappa shape index (κ3) is 2.73. The molecule has 0 atom stereocenters. The minimum absolute atomic E-state index is 0.172. The van der Waals surface area contributed by atoms with Crippen molar-refractivity contribution in [3.05, 3.63) is 40.7 Å². The van der Waals surface area contributed by atoms with Crippen LogP contribution in [0.2, 0.25) is 0 Å². The van der Waals surface area contributed by atoms with Gasteiger partial charge in [0.15, 0.2) is 27.8 Å². The molecule has 2 aromatic carbocycles. The van der Waals surface area contributed by atoms with E-state index in [9.17, 15) is 4.79 Å². The smallest absolute Gasteiger partial charge is 0.279 e. The van der Waals surface area contributed by atoms with E-state index in [1.165, 1.54) is 11.3 Å². The zero-order chi connectivity index (χ0) is 18.4. The molecule has 0 saturated heterocycles. The van der Waals surface area contributed by atoms with Gasteiger partial charge < -0.3 is 23.5 Å². The van der Waals surface area contributed by atoms with Gasteiger partial charge in [0.25, 0.3) is 5.91 Å². The molecule has 0 unspecified atom stereocenters. The van der Waals surface area contributed by atoms with Crippen molar-refractivity contribution in [2.45, 2.75) is 13.5 Å². The first-order valence-electron chi connectivity index (χ1n) is 8.64. The van der Waals surface area contributed by atoms with E-state index in [0.29, 0.717) is 41.6 Å². The van der Waals surface area contributed by atoms with Gasteiger partial charge in [-0.3, -0.25) is 4.79 Å². The maximum Gasteiger partial charge on any atom is 0.279 e. The number of hydrogen-bond acceptors (Lipinski definition) is 6. The highest BCUT2D eigenvalue weighted by Gasteiger charge is 2.18. The fourth-order valence-electron chi connectivity index (χ4n) is 3.18. The molecule has 3 heterocycles. The lowest BCUT2D eigenvalue weighted by Crippen LogP contribution is -2.17. The number of ether oxygens (including phenoxy) is 4. The normalized spacial score (nSPS) is 15.4. The van der Waals surface area contributed by atoms with Crippen LogP contribution in [0.15, 0.2) is 35.3 Å². The number of nitrogens with zero attached hydrogens (tertiary/aromatic N) is 2. The maximum atomic E-state index is 12.7. The minimum Gasteiger partial charge on any atom is -0.486 e. The quantitative estimate of drug-likeness (QED) is 0.679. The number of aryl methyl sites for hydroxylation is 1. The van der Waals surface area contributed by atoms with Gasteiger partial charge in [0.2, 0.25) is 6.79 Å². The van der Waals surface area contributed by atoms with Crippen molar-refractivity contribution in [2.24, 2.45) is 4.99 Å². The molecule has 0 spiro atoms. The van der Waals surface area contributed by atoms with Crippen LogP contribution in [0.1, 0.15) is 17.3 Å². The van der Waals surface area contributed by atoms with Crippen molar-refractivity contribution in [2.75, 3.05) is 20.0 Å². The standard InChI is InChI=1S/C19H16N2O5S/c1-2-21-12-8-15-16(24-6-5-23-15)9-17(12)27-19(21)20-18(22)11-3-4-13-14(7-11)26-10-25-13/h3-4,7-9H,2,5-6,10H2,1H3. The Kier molecular flexibility index (Phi) is 3.78. The van der Waals surface area contributed by atoms with E-state index in [2.05, 4.69) is 4.99 Å². The minimum atomic E-state index is -0.320. The fraction of sp³-hybridized carbons (Fsp3) is 0.263. The van der Waals surface area contributed by atoms with Crippen LogP contribution < -0.4 is 23.7 Å². The maximum absolute atomic E-state index is 12.7. The Morgan fingerprint density at radius 3 is 2.59 bits per heavy atom. The number of amides is 1. The van der Waals surface area contributed by atoms with Gasteiger partial charge in [-0.05, 0) is 25.1 Å². The van der Waals surface area contributed by atoms with Crippen LogP contribution in [0.25, 0.3) is 10.2 Å². The Bertz CT molecular complexity index is 1130. The average Bonchev–Trinajstić information content (AvgIpc) is 3.28. The lowest BCUT2D eigenvalue weighted by Gasteiger charge is -2.18. The lowest BCUT2D eigenvalue weighted by molar-refractivity contribution is 0.0997. The molecule has 0 N–H and O–H groups in total. The van der Waals surface area contributed by atoms with Crippen LogP contribution in [0.3, 0.4) is 0 Å². The Morgan fingerprint density at radius 2 is 1.78 bits per heavy atom. The second kappa shape index (κ2) is 6.31. The number of hydrogen-bond donors (Lipinski definition) is 0. The molecular weight excluding hydrogens is 368 g/mol. The average molecular weight is 384 g/mol. The molecule has 0 radical (unpaired) electrons. The fourth-order valence-corrected chi connectivity index (χ4v) is 4.28. The molecule has 8 heteroatoms. The molecule has 2 aliphatic heterocycles. The van der Waals surface area contributed by atoms with Gasteiger partial charge >= 0.3 is 0 Å². The van der Waals surface area contributed by atoms with Gasteiger partial charge in [0, 0.05) is 24.2 Å². The molecule has 1 amide bonds. The van der Waals surface area contributed by atoms with Crippen LogP contribution in [-0.2, 0) is 6.54 Å². The van der Waals surface area contributed by atoms with Gasteiger partial charge in [-0.2, -0.15) is 4.99 Å². The summed E-state index contributed by atoms with van der Waals surface area (Å²) in [6.07, 6.45) is 0. The number of carbonyl (C=O) groups is 1. The first-order valence-corrected chi connectivity index (χ1v) is 9.46. The molecule has 7 nitrogen and oxygen atoms in total. The number of aromatic nitrogens is 1. The number of carbonyl (C=O) groups excluding carboxylic acids is 1. The number of benzene rings is 2. The summed E-state index contributed by atoms with van der Waals surface area (Å²) in [7, 11) is 0. The van der Waals surface area contributed by atoms with Gasteiger partial charge in [-0.1, -0.05) is 11.3 Å². The Hall–Kier alpha value is -3.00. The van der Waals surface area contributed by atoms with Crippen molar-refractivity contribution in [3.8, 4) is 23.0 Å². The van der Waals surface area contributed by atoms with Gasteiger partial charge in [0.05, 0.1) is 10.2 Å². The van der Waals surface area contributed by atoms with E-state index in [1.54, 1.807) is 18.2 Å². The predicted molar refractivity (Wildman–Crippen MR) is 98.9 cm³/mol. The summed E-state index contributed by atoms with van der Waals surface area (Å²) in [6.45, 7) is 3.96. The molecule has 5 rings (SSSR count). The predicted octanol–water partition coefficient (Wildman–Crippen LogP) is 2.96. The highest BCUT2D eigenvalue weighted by molar-refractivity contribution is 7.16. The van der Waals surface area contributed by atoms with Crippen molar-refractivity contribution >= 4 is 27.5 Å². The SMILES string of the molecule is CCn1c(=NC(=O)c2ccc3c(c2)OCO3)sc2cc3c(cc21)OCCO3. The summed E-state index contributed by atoms with van der Waals surface area (Å²) >= 11 is 1.45. The molecule has 0 saturated carbocycles. The number of fused-ring (bicyclic) bond motifs is 3. The van der Waals surface area contributed by atoms with Gasteiger partial charge in [0.1, 0.15) is 13.2 Å². The summed E-state index contributed by atoms with van der Waals surface area (Å²) in [4.78, 5) is 17.7. The molecule has 0 aliphatic carbocycles. The molecule has 0 fully saturated rings. The van der Waals surface area contributed by atoms with E-state index in [0.717, 1.165) is 21.7 Å². The monoisotopic (exact) mass is 384 g/mol. The summed E-state index contributed by atoms with van der Waals surface area (Å²) in [5.74, 6) is 2.34. The van der Waals surface area contributed by atoms with Crippen LogP contribution >= 0.6 is 11.3 Å². The number of thiazole rings is 1. The summed E-state index contributed by atoms with van der Waals surface area (Å²) < 4.78 is 25.0. The van der Waals surface area contributed by atoms with Crippen LogP contribution in [0, 0.1) is 0 Å². The molecule has 3 aromatic rings. The van der Waals surface area contributed by atoms with Gasteiger partial charge in [-0.15, -0.1) is 0 Å². The summed E-state index contributed by atoms with van der Waals surface area (Å²) in [6, 6.07) is 8.99. The second-order valence-electron chi connectivity index (χ2n) is 6.08. The van der Waals surface area contributed by atoms with Crippen LogP contribution in [-0.4, -0.2) is 30.5 Å². The van der Waals surface area contributed by atoms with Crippen molar-refractivity contribution in [3.63, 3.8) is 0 Å². The summed E-state index contributed by atoms with van der Waals surface area (Å²) in [5, 5.41) is 0. The number of rotatable bonds is 2. The third-order valence-electron chi connectivity index (χ3n) is 4.48. The Labute approximate surface area is 158 Å². The topological polar surface area (TPSA) is 71.3 Å². The van der Waals surface area contributed by atoms with Crippen molar-refractivity contribution in [1.82, 2.24) is 4.57 Å². The van der Waals surface area contributed by atoms with E-state index < -0.39 is 0 Å². The van der Waals surface area contributed by atoms with Gasteiger partial charge in [-0.25, -0.2) is 0 Å². The zero-order valence-corrected chi connectivity index (χ0v) is 15.4. The highest BCUT2D eigenvalue weighted by Crippen LogP contribution is 2.36. The lowest BCUT2D eigenvalue weighted by atomic mass is 10.2. The van der Waals surface area contributed by atoms with Crippen molar-refractivity contribution in [1.29, 1.82) is 0 Å². The first-order chi connectivity index (χ1) is 13.2. The molecule has 27 heavy (non-hydrogen) atoms. The second-order valence-corrected chi connectivity index (χ2v) is 7.09. The molecule has 1 aromatic heterocycles. The zero-order valence-electron chi connectivity index (χ0n) is 14.6. The van der Waals surface area contributed by atoms with E-state index >= 15 is 0 Å². The van der Waals surface area contributed by atoms with Crippen LogP contribution in [0.4, 0.5) is 0 Å². The molecular formula is C19H16N2O5S. The third-order valence-corrected chi connectivity index (χ3v) is 5.52.